The van der Waals surface area contributed by atoms with Gasteiger partial charge < -0.3 is 9.39 Å². The minimum atomic E-state index is 0.107. The van der Waals surface area contributed by atoms with Crippen LogP contribution in [0, 0.1) is 17.9 Å². The summed E-state index contributed by atoms with van der Waals surface area (Å²) in [7, 11) is 0. The van der Waals surface area contributed by atoms with Crippen molar-refractivity contribution in [3.05, 3.63) is 53.0 Å². The van der Waals surface area contributed by atoms with Crippen molar-refractivity contribution in [3.63, 3.8) is 0 Å². The molecular weight excluding hydrogens is 265 g/mol. The summed E-state index contributed by atoms with van der Waals surface area (Å²) >= 11 is 0. The quantitative estimate of drug-likeness (QED) is 0.624. The number of ether oxygens (including phenoxy) is 1. The zero-order valence-electron chi connectivity index (χ0n) is 11.3. The lowest BCUT2D eigenvalue weighted by Gasteiger charge is -2.07. The summed E-state index contributed by atoms with van der Waals surface area (Å²) in [5.74, 6) is 0.935. The topological polar surface area (TPSA) is 59.5 Å². The molecule has 6 heteroatoms. The fraction of sp³-hybridized carbons (Fsp3) is 0.133. The van der Waals surface area contributed by atoms with Crippen molar-refractivity contribution in [3.8, 4) is 17.7 Å². The van der Waals surface area contributed by atoms with Crippen molar-refractivity contribution in [2.45, 2.75) is 13.4 Å². The van der Waals surface area contributed by atoms with E-state index in [0.29, 0.717) is 18.2 Å². The fourth-order valence-electron chi connectivity index (χ4n) is 2.26. The van der Waals surface area contributed by atoms with Gasteiger partial charge in [0.2, 0.25) is 11.6 Å². The zero-order chi connectivity index (χ0) is 14.8. The van der Waals surface area contributed by atoms with Gasteiger partial charge in [-0.25, -0.2) is 9.83 Å². The molecule has 21 heavy (non-hydrogen) atoms. The van der Waals surface area contributed by atoms with Gasteiger partial charge in [0.25, 0.3) is 0 Å². The summed E-state index contributed by atoms with van der Waals surface area (Å²) in [4.78, 5) is 7.28. The van der Waals surface area contributed by atoms with Crippen LogP contribution in [0.15, 0.2) is 30.5 Å². The number of pyridine rings is 1. The molecule has 2 aromatic rings. The Hall–Kier alpha value is -2.83. The number of rotatable bonds is 2. The third-order valence-electron chi connectivity index (χ3n) is 3.36. The van der Waals surface area contributed by atoms with Gasteiger partial charge in [-0.3, -0.25) is 0 Å². The van der Waals surface area contributed by atoms with Crippen molar-refractivity contribution < 1.29 is 9.39 Å². The van der Waals surface area contributed by atoms with E-state index in [9.17, 15) is 0 Å². The average Bonchev–Trinajstić information content (AvgIpc) is 2.88. The van der Waals surface area contributed by atoms with Crippen molar-refractivity contribution in [1.29, 1.82) is 5.26 Å². The Morgan fingerprint density at radius 3 is 3.10 bits per heavy atom. The Morgan fingerprint density at radius 1 is 1.48 bits per heavy atom. The SMILES string of the molecule is [C-]#[N+]c1cnc(Oc2ccc3c(c2)COB3C)cc1C#N. The van der Waals surface area contributed by atoms with Crippen LogP contribution in [0.5, 0.6) is 11.6 Å². The van der Waals surface area contributed by atoms with E-state index in [1.54, 1.807) is 0 Å². The van der Waals surface area contributed by atoms with Crippen LogP contribution >= 0.6 is 0 Å². The first-order valence-electron chi connectivity index (χ1n) is 6.41. The van der Waals surface area contributed by atoms with Crippen LogP contribution in [-0.4, -0.2) is 11.9 Å². The van der Waals surface area contributed by atoms with Gasteiger partial charge in [0.15, 0.2) is 0 Å². The molecule has 1 aliphatic rings. The van der Waals surface area contributed by atoms with Gasteiger partial charge in [-0.1, -0.05) is 12.9 Å². The van der Waals surface area contributed by atoms with Gasteiger partial charge in [0.1, 0.15) is 5.75 Å². The molecule has 0 atom stereocenters. The van der Waals surface area contributed by atoms with Crippen LogP contribution in [-0.2, 0) is 11.3 Å². The fourth-order valence-corrected chi connectivity index (χ4v) is 2.26. The second-order valence-corrected chi connectivity index (χ2v) is 4.68. The van der Waals surface area contributed by atoms with Gasteiger partial charge >= 0.3 is 6.92 Å². The van der Waals surface area contributed by atoms with Gasteiger partial charge in [0, 0.05) is 12.3 Å². The number of benzene rings is 1. The summed E-state index contributed by atoms with van der Waals surface area (Å²) in [5, 5.41) is 9.00. The first kappa shape index (κ1) is 13.2. The summed E-state index contributed by atoms with van der Waals surface area (Å²) in [6, 6.07) is 9.17. The number of hydrogen-bond acceptors (Lipinski definition) is 4. The van der Waals surface area contributed by atoms with E-state index in [4.69, 9.17) is 21.2 Å². The number of hydrogen-bond donors (Lipinski definition) is 0. The smallest absolute Gasteiger partial charge is 0.324 e. The van der Waals surface area contributed by atoms with Crippen LogP contribution < -0.4 is 10.2 Å². The van der Waals surface area contributed by atoms with Crippen molar-refractivity contribution in [2.24, 2.45) is 0 Å². The molecule has 0 saturated carbocycles. The predicted octanol–water partition coefficient (Wildman–Crippen LogP) is 2.65. The average molecular weight is 275 g/mol. The number of nitrogens with zero attached hydrogens (tertiary/aromatic N) is 3. The third kappa shape index (κ3) is 2.45. The monoisotopic (exact) mass is 275 g/mol. The molecule has 0 N–H and O–H groups in total. The van der Waals surface area contributed by atoms with Gasteiger partial charge in [0.05, 0.1) is 24.8 Å². The molecule has 0 radical (unpaired) electrons. The molecule has 0 aliphatic carbocycles. The lowest BCUT2D eigenvalue weighted by molar-refractivity contribution is 0.333. The number of fused-ring (bicyclic) bond motifs is 1. The first-order chi connectivity index (χ1) is 10.2. The second-order valence-electron chi connectivity index (χ2n) is 4.68. The highest BCUT2D eigenvalue weighted by Crippen LogP contribution is 2.26. The molecule has 0 saturated heterocycles. The van der Waals surface area contributed by atoms with Gasteiger partial charge in [-0.05, 0) is 23.2 Å². The summed E-state index contributed by atoms with van der Waals surface area (Å²) in [6.45, 7) is 9.65. The lowest BCUT2D eigenvalue weighted by atomic mass is 9.64. The lowest BCUT2D eigenvalue weighted by Crippen LogP contribution is -2.23. The largest absolute Gasteiger partial charge is 0.439 e. The maximum Gasteiger partial charge on any atom is 0.324 e. The molecule has 2 heterocycles. The molecule has 1 aromatic heterocycles. The van der Waals surface area contributed by atoms with Crippen molar-refractivity contribution >= 4 is 18.1 Å². The maximum atomic E-state index is 9.00. The Bertz CT molecular complexity index is 792. The van der Waals surface area contributed by atoms with Crippen LogP contribution in [0.1, 0.15) is 11.1 Å². The van der Waals surface area contributed by atoms with E-state index < -0.39 is 0 Å². The highest BCUT2D eigenvalue weighted by Gasteiger charge is 2.23. The van der Waals surface area contributed by atoms with Gasteiger partial charge in [-0.15, -0.1) is 0 Å². The highest BCUT2D eigenvalue weighted by molar-refractivity contribution is 6.67. The Kier molecular flexibility index (Phi) is 3.31. The maximum absolute atomic E-state index is 9.00. The molecule has 0 amide bonds. The standard InChI is InChI=1S/C15H10BN3O2/c1-16-13-4-3-12(5-11(13)9-20-16)21-15-6-10(7-17)14(18-2)8-19-15/h3-6,8H,9H2,1H3. The van der Waals surface area contributed by atoms with Crippen LogP contribution in [0.2, 0.25) is 6.82 Å². The minimum absolute atomic E-state index is 0.107. The Morgan fingerprint density at radius 2 is 2.33 bits per heavy atom. The van der Waals surface area contributed by atoms with Crippen LogP contribution in [0.25, 0.3) is 4.85 Å². The molecule has 1 aromatic carbocycles. The highest BCUT2D eigenvalue weighted by atomic mass is 16.5. The summed E-state index contributed by atoms with van der Waals surface area (Å²) < 4.78 is 11.2. The molecule has 0 fully saturated rings. The summed E-state index contributed by atoms with van der Waals surface area (Å²) in [5.41, 5.74) is 2.74. The Labute approximate surface area is 122 Å². The predicted molar refractivity (Wildman–Crippen MR) is 77.8 cm³/mol. The number of aromatic nitrogens is 1. The van der Waals surface area contributed by atoms with Crippen molar-refractivity contribution in [2.75, 3.05) is 0 Å². The van der Waals surface area contributed by atoms with Crippen LogP contribution in [0.3, 0.4) is 0 Å². The molecule has 0 bridgehead atoms. The van der Waals surface area contributed by atoms with Crippen molar-refractivity contribution in [1.82, 2.24) is 4.98 Å². The number of nitriles is 1. The second kappa shape index (κ2) is 5.28. The van der Waals surface area contributed by atoms with E-state index in [1.807, 2.05) is 31.1 Å². The van der Waals surface area contributed by atoms with Crippen LogP contribution in [0.4, 0.5) is 5.69 Å². The molecule has 5 nitrogen and oxygen atoms in total. The van der Waals surface area contributed by atoms with E-state index in [0.717, 1.165) is 11.0 Å². The van der Waals surface area contributed by atoms with E-state index in [2.05, 4.69) is 9.83 Å². The zero-order valence-corrected chi connectivity index (χ0v) is 11.3. The normalized spacial score (nSPS) is 12.4. The molecule has 0 spiro atoms. The van der Waals surface area contributed by atoms with E-state index in [1.165, 1.54) is 12.3 Å². The Balaban J connectivity index is 1.88. The van der Waals surface area contributed by atoms with E-state index in [-0.39, 0.29) is 18.2 Å². The minimum Gasteiger partial charge on any atom is -0.439 e. The summed E-state index contributed by atoms with van der Waals surface area (Å²) in [6.07, 6.45) is 1.35. The molecule has 100 valence electrons. The molecule has 1 aliphatic heterocycles. The van der Waals surface area contributed by atoms with E-state index >= 15 is 0 Å². The molecule has 0 unspecified atom stereocenters. The van der Waals surface area contributed by atoms with Gasteiger partial charge in [-0.2, -0.15) is 5.26 Å². The molecular formula is C15H10BN3O2. The molecule has 3 rings (SSSR count). The third-order valence-corrected chi connectivity index (χ3v) is 3.36. The first-order valence-corrected chi connectivity index (χ1v) is 6.41.